The van der Waals surface area contributed by atoms with E-state index in [1.54, 1.807) is 4.90 Å². The fraction of sp³-hybridized carbons (Fsp3) is 0.444. The normalized spacial score (nSPS) is 23.1. The molecule has 0 bridgehead atoms. The number of hydrogen-bond acceptors (Lipinski definition) is 5. The van der Waals surface area contributed by atoms with Crippen molar-refractivity contribution in [3.05, 3.63) is 59.7 Å². The molecular weight excluding hydrogens is 448 g/mol. The highest BCUT2D eigenvalue weighted by molar-refractivity contribution is 5.82. The number of carbonyl (C=O) groups excluding carboxylic acids is 2. The molecule has 8 nitrogen and oxygen atoms in total. The number of rotatable bonds is 7. The lowest BCUT2D eigenvalue weighted by atomic mass is 9.98. The lowest BCUT2D eigenvalue weighted by Crippen LogP contribution is -2.49. The molecule has 8 heteroatoms. The van der Waals surface area contributed by atoms with Crippen LogP contribution in [0.4, 0.5) is 4.79 Å². The van der Waals surface area contributed by atoms with Crippen LogP contribution in [-0.2, 0) is 19.1 Å². The number of hydrogen-bond donors (Lipinski definition) is 2. The summed E-state index contributed by atoms with van der Waals surface area (Å²) < 4.78 is 11.2. The molecule has 1 aliphatic carbocycles. The third kappa shape index (κ3) is 4.75. The van der Waals surface area contributed by atoms with Crippen molar-refractivity contribution < 1.29 is 29.0 Å². The van der Waals surface area contributed by atoms with Crippen LogP contribution in [0.3, 0.4) is 0 Å². The molecule has 0 aromatic heterocycles. The first-order valence-electron chi connectivity index (χ1n) is 12.2. The number of carboxylic acids is 1. The molecular formula is C27H30N2O6. The number of ether oxygens (including phenoxy) is 2. The van der Waals surface area contributed by atoms with Crippen molar-refractivity contribution in [1.29, 1.82) is 0 Å². The van der Waals surface area contributed by atoms with Crippen LogP contribution in [0.2, 0.25) is 0 Å². The molecule has 2 aromatic carbocycles. The van der Waals surface area contributed by atoms with E-state index >= 15 is 0 Å². The van der Waals surface area contributed by atoms with Crippen LogP contribution in [0, 0.1) is 5.92 Å². The van der Waals surface area contributed by atoms with Gasteiger partial charge in [-0.1, -0.05) is 48.5 Å². The highest BCUT2D eigenvalue weighted by atomic mass is 16.5. The van der Waals surface area contributed by atoms with Crippen molar-refractivity contribution in [1.82, 2.24) is 10.2 Å². The summed E-state index contributed by atoms with van der Waals surface area (Å²) in [6, 6.07) is 15.8. The summed E-state index contributed by atoms with van der Waals surface area (Å²) in [6.45, 7) is 1.29. The van der Waals surface area contributed by atoms with Gasteiger partial charge in [0.2, 0.25) is 5.91 Å². The zero-order valence-corrected chi connectivity index (χ0v) is 19.5. The van der Waals surface area contributed by atoms with Crippen molar-refractivity contribution >= 4 is 18.0 Å². The lowest BCUT2D eigenvalue weighted by molar-refractivity contribution is -0.140. The van der Waals surface area contributed by atoms with E-state index in [2.05, 4.69) is 29.6 Å². The van der Waals surface area contributed by atoms with Gasteiger partial charge in [-0.2, -0.15) is 0 Å². The number of fused-ring (bicyclic) bond motifs is 3. The molecule has 2 saturated heterocycles. The number of carbonyl (C=O) groups is 3. The number of aliphatic carboxylic acids is 1. The Hall–Kier alpha value is -3.39. The van der Waals surface area contributed by atoms with Gasteiger partial charge in [0.05, 0.1) is 25.2 Å². The molecule has 5 rings (SSSR count). The van der Waals surface area contributed by atoms with Crippen LogP contribution < -0.4 is 5.32 Å². The quantitative estimate of drug-likeness (QED) is 0.632. The summed E-state index contributed by atoms with van der Waals surface area (Å²) >= 11 is 0. The SMILES string of the molecule is O=C(O)CCC1CCCN1C(=O)C1COCC1NC(=O)OCC1c2ccccc2-c2ccccc21. The Kier molecular flexibility index (Phi) is 6.72. The number of likely N-dealkylation sites (tertiary alicyclic amines) is 1. The smallest absolute Gasteiger partial charge is 0.407 e. The number of amides is 2. The minimum atomic E-state index is -0.858. The first-order chi connectivity index (χ1) is 17.0. The molecule has 2 aliphatic heterocycles. The van der Waals surface area contributed by atoms with E-state index < -0.39 is 24.0 Å². The van der Waals surface area contributed by atoms with E-state index in [4.69, 9.17) is 14.6 Å². The summed E-state index contributed by atoms with van der Waals surface area (Å²) in [6.07, 6.45) is 1.57. The molecule has 2 fully saturated rings. The van der Waals surface area contributed by atoms with Crippen molar-refractivity contribution in [3.8, 4) is 11.1 Å². The highest BCUT2D eigenvalue weighted by Gasteiger charge is 2.41. The van der Waals surface area contributed by atoms with Gasteiger partial charge in [-0.05, 0) is 41.5 Å². The Labute approximate surface area is 204 Å². The minimum absolute atomic E-state index is 0.0370. The molecule has 0 spiro atoms. The van der Waals surface area contributed by atoms with E-state index in [9.17, 15) is 14.4 Å². The topological polar surface area (TPSA) is 105 Å². The minimum Gasteiger partial charge on any atom is -0.481 e. The van der Waals surface area contributed by atoms with Crippen LogP contribution in [0.1, 0.15) is 42.7 Å². The molecule has 0 radical (unpaired) electrons. The monoisotopic (exact) mass is 478 g/mol. The van der Waals surface area contributed by atoms with Crippen LogP contribution in [-0.4, -0.2) is 66.4 Å². The van der Waals surface area contributed by atoms with Gasteiger partial charge in [0, 0.05) is 24.9 Å². The number of benzene rings is 2. The summed E-state index contributed by atoms with van der Waals surface area (Å²) in [5, 5.41) is 11.8. The maximum absolute atomic E-state index is 13.2. The Morgan fingerprint density at radius 2 is 1.71 bits per heavy atom. The lowest BCUT2D eigenvalue weighted by Gasteiger charge is -2.29. The highest BCUT2D eigenvalue weighted by Crippen LogP contribution is 2.44. The first kappa shape index (κ1) is 23.4. The van der Waals surface area contributed by atoms with Crippen LogP contribution >= 0.6 is 0 Å². The molecule has 2 aromatic rings. The molecule has 184 valence electrons. The van der Waals surface area contributed by atoms with Gasteiger partial charge in [0.15, 0.2) is 0 Å². The van der Waals surface area contributed by atoms with E-state index in [0.29, 0.717) is 13.0 Å². The predicted molar refractivity (Wildman–Crippen MR) is 128 cm³/mol. The van der Waals surface area contributed by atoms with Gasteiger partial charge in [0.1, 0.15) is 6.61 Å². The fourth-order valence-corrected chi connectivity index (χ4v) is 5.66. The molecule has 35 heavy (non-hydrogen) atoms. The number of nitrogens with one attached hydrogen (secondary N) is 1. The Morgan fingerprint density at radius 3 is 2.40 bits per heavy atom. The summed E-state index contributed by atoms with van der Waals surface area (Å²) in [5.41, 5.74) is 4.60. The van der Waals surface area contributed by atoms with Crippen LogP contribution in [0.5, 0.6) is 0 Å². The number of nitrogens with zero attached hydrogens (tertiary/aromatic N) is 1. The van der Waals surface area contributed by atoms with Crippen molar-refractivity contribution in [2.45, 2.75) is 43.7 Å². The average molecular weight is 479 g/mol. The maximum Gasteiger partial charge on any atom is 0.407 e. The van der Waals surface area contributed by atoms with Crippen LogP contribution in [0.25, 0.3) is 11.1 Å². The molecule has 2 N–H and O–H groups in total. The van der Waals surface area contributed by atoms with Gasteiger partial charge in [-0.15, -0.1) is 0 Å². The van der Waals surface area contributed by atoms with Gasteiger partial charge in [-0.3, -0.25) is 9.59 Å². The Bertz CT molecular complexity index is 1070. The zero-order valence-electron chi connectivity index (χ0n) is 19.5. The third-order valence-corrected chi connectivity index (χ3v) is 7.40. The van der Waals surface area contributed by atoms with Gasteiger partial charge in [-0.25, -0.2) is 4.79 Å². The van der Waals surface area contributed by atoms with Gasteiger partial charge >= 0.3 is 12.1 Å². The molecule has 2 heterocycles. The molecule has 3 aliphatic rings. The maximum atomic E-state index is 13.2. The molecule has 0 saturated carbocycles. The van der Waals surface area contributed by atoms with E-state index in [1.807, 2.05) is 24.3 Å². The second-order valence-corrected chi connectivity index (χ2v) is 9.48. The number of alkyl carbamates (subject to hydrolysis) is 1. The van der Waals surface area contributed by atoms with E-state index in [-0.39, 0.29) is 44.1 Å². The van der Waals surface area contributed by atoms with Gasteiger partial charge < -0.3 is 24.8 Å². The third-order valence-electron chi connectivity index (χ3n) is 7.40. The van der Waals surface area contributed by atoms with Crippen molar-refractivity contribution in [2.75, 3.05) is 26.4 Å². The number of carboxylic acid groups (broad SMARTS) is 1. The Balaban J connectivity index is 1.20. The predicted octanol–water partition coefficient (Wildman–Crippen LogP) is 3.40. The average Bonchev–Trinajstić information content (AvgIpc) is 3.59. The van der Waals surface area contributed by atoms with E-state index in [0.717, 1.165) is 35.1 Å². The first-order valence-corrected chi connectivity index (χ1v) is 12.2. The van der Waals surface area contributed by atoms with Crippen molar-refractivity contribution in [3.63, 3.8) is 0 Å². The van der Waals surface area contributed by atoms with Crippen LogP contribution in [0.15, 0.2) is 48.5 Å². The molecule has 2 amide bonds. The van der Waals surface area contributed by atoms with E-state index in [1.165, 1.54) is 0 Å². The largest absolute Gasteiger partial charge is 0.481 e. The fourth-order valence-electron chi connectivity index (χ4n) is 5.66. The summed E-state index contributed by atoms with van der Waals surface area (Å²) in [5.74, 6) is -1.48. The Morgan fingerprint density at radius 1 is 1.03 bits per heavy atom. The molecule has 3 unspecified atom stereocenters. The standard InChI is InChI=1S/C27H30N2O6/c30-25(31)12-11-17-6-5-13-29(17)26(32)23-14-34-16-24(23)28-27(33)35-15-22-20-9-3-1-7-18(20)19-8-2-4-10-21(19)22/h1-4,7-10,17,22-24H,5-6,11-16H2,(H,28,33)(H,30,31). The van der Waals surface area contributed by atoms with Crippen molar-refractivity contribution in [2.24, 2.45) is 5.92 Å². The summed E-state index contributed by atoms with van der Waals surface area (Å²) in [4.78, 5) is 38.7. The van der Waals surface area contributed by atoms with Gasteiger partial charge in [0.25, 0.3) is 0 Å². The molecule has 3 atom stereocenters. The summed E-state index contributed by atoms with van der Waals surface area (Å²) in [7, 11) is 0. The second kappa shape index (κ2) is 10.1. The second-order valence-electron chi connectivity index (χ2n) is 9.48. The zero-order chi connectivity index (χ0) is 24.4.